The Kier molecular flexibility index (Phi) is 9.26. The van der Waals surface area contributed by atoms with Crippen molar-refractivity contribution in [3.63, 3.8) is 0 Å². The number of phenolic OH excluding ortho intramolecular Hbond substituents is 1. The fourth-order valence-corrected chi connectivity index (χ4v) is 3.52. The molecule has 7 nitrogen and oxygen atoms in total. The van der Waals surface area contributed by atoms with E-state index in [1.807, 2.05) is 24.3 Å². The first kappa shape index (κ1) is 26.0. The summed E-state index contributed by atoms with van der Waals surface area (Å²) in [5, 5.41) is 24.5. The molecule has 7 heteroatoms. The molecule has 3 rings (SSSR count). The van der Waals surface area contributed by atoms with Gasteiger partial charge in [-0.3, -0.25) is 4.79 Å². The number of oxime groups is 1. The van der Waals surface area contributed by atoms with Gasteiger partial charge in [0.25, 0.3) is 0 Å². The molecule has 3 aromatic rings. The van der Waals surface area contributed by atoms with E-state index in [-0.39, 0.29) is 24.9 Å². The smallest absolute Gasteiger partial charge is 0.248 e. The van der Waals surface area contributed by atoms with E-state index in [9.17, 15) is 9.90 Å². The Morgan fingerprint density at radius 1 is 1.03 bits per heavy atom. The first-order valence-corrected chi connectivity index (χ1v) is 10.7. The number of phenols is 1. The van der Waals surface area contributed by atoms with Crippen LogP contribution >= 0.6 is 0 Å². The van der Waals surface area contributed by atoms with Crippen molar-refractivity contribution >= 4 is 29.2 Å². The van der Waals surface area contributed by atoms with Crippen LogP contribution in [0.4, 0.5) is 11.4 Å². The van der Waals surface area contributed by atoms with Gasteiger partial charge in [0.15, 0.2) is 5.84 Å². The van der Waals surface area contributed by atoms with Crippen LogP contribution in [0.3, 0.4) is 0 Å². The summed E-state index contributed by atoms with van der Waals surface area (Å²) in [4.78, 5) is 14.9. The molecular formula is C27H32N4O3. The van der Waals surface area contributed by atoms with E-state index in [2.05, 4.69) is 29.2 Å². The van der Waals surface area contributed by atoms with E-state index in [0.29, 0.717) is 11.3 Å². The number of nitrogens with one attached hydrogen (secondary N) is 1. The molecule has 34 heavy (non-hydrogen) atoms. The Morgan fingerprint density at radius 2 is 1.71 bits per heavy atom. The Labute approximate surface area is 200 Å². The summed E-state index contributed by atoms with van der Waals surface area (Å²) in [7, 11) is 0. The summed E-state index contributed by atoms with van der Waals surface area (Å²) < 4.78 is 0. The Hall–Kier alpha value is -4.26. The molecule has 0 saturated heterocycles. The summed E-state index contributed by atoms with van der Waals surface area (Å²) in [6, 6.07) is 19.9. The third-order valence-corrected chi connectivity index (χ3v) is 5.29. The van der Waals surface area contributed by atoms with Gasteiger partial charge in [-0.05, 0) is 73.0 Å². The van der Waals surface area contributed by atoms with Crippen LogP contribution in [0.5, 0.6) is 5.75 Å². The van der Waals surface area contributed by atoms with Crippen molar-refractivity contribution < 1.29 is 15.1 Å². The normalized spacial score (nSPS) is 11.2. The number of carbonyl (C=O) groups is 1. The van der Waals surface area contributed by atoms with Gasteiger partial charge in [-0.2, -0.15) is 0 Å². The minimum Gasteiger partial charge on any atom is -0.508 e. The highest BCUT2D eigenvalue weighted by molar-refractivity contribution is 6.09. The van der Waals surface area contributed by atoms with Gasteiger partial charge >= 0.3 is 0 Å². The molecule has 3 aromatic carbocycles. The van der Waals surface area contributed by atoms with Crippen molar-refractivity contribution in [2.45, 2.75) is 21.3 Å². The third-order valence-electron chi connectivity index (χ3n) is 5.29. The Balaban J connectivity index is 0.00000408. The molecule has 0 heterocycles. The van der Waals surface area contributed by atoms with Crippen molar-refractivity contribution in [1.29, 1.82) is 0 Å². The van der Waals surface area contributed by atoms with Crippen LogP contribution in [0.25, 0.3) is 17.2 Å². The summed E-state index contributed by atoms with van der Waals surface area (Å²) in [5.74, 6) is -0.299. The monoisotopic (exact) mass is 460 g/mol. The largest absolute Gasteiger partial charge is 0.508 e. The lowest BCUT2D eigenvalue weighted by Crippen LogP contribution is -2.21. The molecule has 1 amide bonds. The number of rotatable bonds is 8. The molecule has 0 spiro atoms. The number of anilines is 2. The molecule has 178 valence electrons. The van der Waals surface area contributed by atoms with Crippen molar-refractivity contribution in [1.82, 2.24) is 0 Å². The zero-order valence-electron chi connectivity index (χ0n) is 18.7. The number of amides is 1. The van der Waals surface area contributed by atoms with Crippen molar-refractivity contribution in [2.24, 2.45) is 10.9 Å². The van der Waals surface area contributed by atoms with Crippen LogP contribution < -0.4 is 16.0 Å². The number of nitrogens with zero attached hydrogens (tertiary/aromatic N) is 2. The summed E-state index contributed by atoms with van der Waals surface area (Å²) in [6.07, 6.45) is 3.19. The Morgan fingerprint density at radius 3 is 2.35 bits per heavy atom. The van der Waals surface area contributed by atoms with Gasteiger partial charge in [-0.25, -0.2) is 0 Å². The first-order valence-electron chi connectivity index (χ1n) is 10.7. The average Bonchev–Trinajstić information content (AvgIpc) is 2.84. The summed E-state index contributed by atoms with van der Waals surface area (Å²) in [5.41, 5.74) is 10.3. The molecule has 0 fully saturated rings. The lowest BCUT2D eigenvalue weighted by atomic mass is 10.0. The highest BCUT2D eigenvalue weighted by Gasteiger charge is 2.11. The zero-order chi connectivity index (χ0) is 23.8. The third kappa shape index (κ3) is 6.38. The molecule has 0 unspecified atom stereocenters. The number of hydrogen-bond donors (Lipinski definition) is 4. The lowest BCUT2D eigenvalue weighted by Gasteiger charge is -2.21. The number of carbonyl (C=O) groups excluding carboxylic acids is 1. The standard InChI is InChI=1S/C26H28N4O3.CH4/c1-3-30(4-2)21-7-5-6-18(16-21)8-15-25(32)28-24-17-20(11-14-23(24)26(27)29-33)19-9-12-22(31)13-10-19;/h5-17,31,33H,3-4H2,1-2H3,(H2,27,29)(H,28,32);1H4/b15-8+;. The summed E-state index contributed by atoms with van der Waals surface area (Å²) >= 11 is 0. The van der Waals surface area contributed by atoms with E-state index in [1.165, 1.54) is 6.08 Å². The Bertz CT molecular complexity index is 1170. The molecule has 0 aromatic heterocycles. The molecule has 0 aliphatic heterocycles. The molecule has 0 aliphatic rings. The second-order valence-corrected chi connectivity index (χ2v) is 7.38. The quantitative estimate of drug-likeness (QED) is 0.120. The van der Waals surface area contributed by atoms with Crippen molar-refractivity contribution in [2.75, 3.05) is 23.3 Å². The predicted octanol–water partition coefficient (Wildman–Crippen LogP) is 5.29. The minimum atomic E-state index is -0.349. The number of benzene rings is 3. The van der Waals surface area contributed by atoms with Gasteiger partial charge in [-0.1, -0.05) is 42.9 Å². The molecule has 5 N–H and O–H groups in total. The number of aromatic hydroxyl groups is 1. The van der Waals surface area contributed by atoms with Crippen molar-refractivity contribution in [3.05, 3.63) is 83.9 Å². The van der Waals surface area contributed by atoms with Crippen LogP contribution in [0.1, 0.15) is 32.4 Å². The van der Waals surface area contributed by atoms with Crippen molar-refractivity contribution in [3.8, 4) is 16.9 Å². The van der Waals surface area contributed by atoms with Crippen LogP contribution in [-0.4, -0.2) is 35.1 Å². The SMILES string of the molecule is C.CCN(CC)c1cccc(/C=C/C(=O)Nc2cc(-c3ccc(O)cc3)ccc2/C(N)=N/O)c1. The fourth-order valence-electron chi connectivity index (χ4n) is 3.52. The zero-order valence-corrected chi connectivity index (χ0v) is 18.7. The van der Waals surface area contributed by atoms with Gasteiger partial charge in [0.05, 0.1) is 5.69 Å². The molecular weight excluding hydrogens is 428 g/mol. The maximum Gasteiger partial charge on any atom is 0.248 e. The highest BCUT2D eigenvalue weighted by Crippen LogP contribution is 2.27. The van der Waals surface area contributed by atoms with Crippen LogP contribution in [0, 0.1) is 0 Å². The number of nitrogens with two attached hydrogens (primary N) is 1. The maximum atomic E-state index is 12.7. The fraction of sp³-hybridized carbons (Fsp3) is 0.185. The van der Waals surface area contributed by atoms with E-state index in [0.717, 1.165) is 35.5 Å². The number of hydrogen-bond acceptors (Lipinski definition) is 5. The lowest BCUT2D eigenvalue weighted by molar-refractivity contribution is -0.111. The van der Waals surface area contributed by atoms with E-state index in [1.54, 1.807) is 48.5 Å². The average molecular weight is 461 g/mol. The molecule has 0 atom stereocenters. The van der Waals surface area contributed by atoms with Gasteiger partial charge < -0.3 is 26.3 Å². The molecule has 0 aliphatic carbocycles. The highest BCUT2D eigenvalue weighted by atomic mass is 16.4. The second-order valence-electron chi connectivity index (χ2n) is 7.38. The van der Waals surface area contributed by atoms with E-state index < -0.39 is 0 Å². The second kappa shape index (κ2) is 12.1. The molecule has 0 radical (unpaired) electrons. The van der Waals surface area contributed by atoms with Crippen LogP contribution in [-0.2, 0) is 4.79 Å². The summed E-state index contributed by atoms with van der Waals surface area (Å²) in [6.45, 7) is 6.01. The van der Waals surface area contributed by atoms with Gasteiger partial charge in [-0.15, -0.1) is 0 Å². The van der Waals surface area contributed by atoms with Gasteiger partial charge in [0, 0.05) is 30.4 Å². The first-order chi connectivity index (χ1) is 15.9. The van der Waals surface area contributed by atoms with Gasteiger partial charge in [0.1, 0.15) is 5.75 Å². The topological polar surface area (TPSA) is 111 Å². The molecule has 0 saturated carbocycles. The van der Waals surface area contributed by atoms with Gasteiger partial charge in [0.2, 0.25) is 5.91 Å². The predicted molar refractivity (Wildman–Crippen MR) is 140 cm³/mol. The van der Waals surface area contributed by atoms with Crippen LogP contribution in [0.15, 0.2) is 78.0 Å². The number of amidine groups is 1. The molecule has 0 bridgehead atoms. The van der Waals surface area contributed by atoms with E-state index in [4.69, 9.17) is 10.9 Å². The minimum absolute atomic E-state index is 0. The maximum absolute atomic E-state index is 12.7. The van der Waals surface area contributed by atoms with Crippen LogP contribution in [0.2, 0.25) is 0 Å². The van der Waals surface area contributed by atoms with E-state index >= 15 is 0 Å².